The van der Waals surface area contributed by atoms with Crippen LogP contribution in [0, 0.1) is 0 Å². The van der Waals surface area contributed by atoms with E-state index in [9.17, 15) is 10.2 Å². The molecule has 0 radical (unpaired) electrons. The Morgan fingerprint density at radius 2 is 1.64 bits per heavy atom. The summed E-state index contributed by atoms with van der Waals surface area (Å²) in [6.07, 6.45) is 0.345. The van der Waals surface area contributed by atoms with Gasteiger partial charge in [0.15, 0.2) is 0 Å². The molecule has 0 bridgehead atoms. The molecule has 3 aromatic carbocycles. The molecule has 3 aromatic rings. The van der Waals surface area contributed by atoms with Crippen molar-refractivity contribution >= 4 is 21.5 Å². The van der Waals surface area contributed by atoms with E-state index in [0.717, 1.165) is 15.6 Å². The lowest BCUT2D eigenvalue weighted by Crippen LogP contribution is -2.50. The largest absolute Gasteiger partial charge is 0.497 e. The van der Waals surface area contributed by atoms with Crippen molar-refractivity contribution in [3.05, 3.63) is 94.0 Å². The Hall–Kier alpha value is -2.80. The summed E-state index contributed by atoms with van der Waals surface area (Å²) >= 11 is 3.57. The van der Waals surface area contributed by atoms with Gasteiger partial charge in [0, 0.05) is 22.9 Å². The number of halogens is 1. The maximum absolute atomic E-state index is 12.4. The zero-order chi connectivity index (χ0) is 23.8. The van der Waals surface area contributed by atoms with Crippen molar-refractivity contribution in [2.24, 2.45) is 0 Å². The fourth-order valence-corrected chi connectivity index (χ4v) is 5.31. The van der Waals surface area contributed by atoms with Crippen LogP contribution < -0.4 is 14.2 Å². The van der Waals surface area contributed by atoms with E-state index < -0.39 is 11.2 Å². The highest BCUT2D eigenvalue weighted by Crippen LogP contribution is 2.55. The van der Waals surface area contributed by atoms with Crippen LogP contribution in [0.25, 0.3) is 5.57 Å². The van der Waals surface area contributed by atoms with Gasteiger partial charge in [-0.25, -0.2) is 0 Å². The Kier molecular flexibility index (Phi) is 6.27. The molecule has 0 aromatic heterocycles. The molecule has 2 N–H and O–H groups in total. The number of hydrogen-bond donors (Lipinski definition) is 2. The quantitative estimate of drug-likeness (QED) is 0.462. The molecule has 0 unspecified atom stereocenters. The fraction of sp³-hybridized carbons (Fsp3) is 0.259. The maximum Gasteiger partial charge on any atom is 0.148 e. The second-order valence-electron chi connectivity index (χ2n) is 8.27. The van der Waals surface area contributed by atoms with E-state index in [2.05, 4.69) is 22.5 Å². The van der Waals surface area contributed by atoms with Gasteiger partial charge in [-0.05, 0) is 58.7 Å². The molecule has 0 aliphatic heterocycles. The predicted molar refractivity (Wildman–Crippen MR) is 132 cm³/mol. The molecule has 1 aliphatic rings. The molecular weight excluding hydrogens is 484 g/mol. The molecule has 0 spiro atoms. The van der Waals surface area contributed by atoms with Crippen LogP contribution in [0.1, 0.15) is 28.7 Å². The second kappa shape index (κ2) is 8.86. The van der Waals surface area contributed by atoms with Crippen LogP contribution in [0.5, 0.6) is 17.2 Å². The summed E-state index contributed by atoms with van der Waals surface area (Å²) in [6, 6.07) is 18.3. The highest BCUT2D eigenvalue weighted by molar-refractivity contribution is 9.10. The number of benzene rings is 3. The summed E-state index contributed by atoms with van der Waals surface area (Å²) in [5.74, 6) is 1.78. The predicted octanol–water partition coefficient (Wildman–Crippen LogP) is 5.10. The summed E-state index contributed by atoms with van der Waals surface area (Å²) in [6.45, 7) is 4.26. The van der Waals surface area contributed by atoms with Crippen LogP contribution in [0.2, 0.25) is 0 Å². The average molecular weight is 511 g/mol. The molecule has 0 fully saturated rings. The van der Waals surface area contributed by atoms with Gasteiger partial charge in [-0.3, -0.25) is 0 Å². The lowest BCUT2D eigenvalue weighted by molar-refractivity contribution is -0.117. The van der Waals surface area contributed by atoms with Gasteiger partial charge in [0.2, 0.25) is 0 Å². The molecule has 2 atom stereocenters. The van der Waals surface area contributed by atoms with E-state index in [4.69, 9.17) is 14.2 Å². The second-order valence-corrected chi connectivity index (χ2v) is 9.13. The molecule has 1 aliphatic carbocycles. The van der Waals surface area contributed by atoms with Crippen molar-refractivity contribution in [2.75, 3.05) is 21.3 Å². The summed E-state index contributed by atoms with van der Waals surface area (Å²) in [7, 11) is 4.73. The molecule has 33 heavy (non-hydrogen) atoms. The van der Waals surface area contributed by atoms with Crippen LogP contribution in [-0.4, -0.2) is 37.1 Å². The lowest BCUT2D eigenvalue weighted by atomic mass is 9.73. The van der Waals surface area contributed by atoms with Crippen molar-refractivity contribution < 1.29 is 24.4 Å². The standard InChI is InChI=1S/C27H27BrO5/c1-17(22-14-21(32-3)11-12-23(22)28)15-26(29)16-18-7-5-10-24(33-4)25(18)27(26,30)19-8-6-9-20(13-19)31-2/h5-14,29-30H,1,15-16H2,2-4H3/t26-,27-/m0/s1. The van der Waals surface area contributed by atoms with Crippen LogP contribution in [0.3, 0.4) is 0 Å². The van der Waals surface area contributed by atoms with E-state index in [1.165, 1.54) is 0 Å². The van der Waals surface area contributed by atoms with Gasteiger partial charge in [-0.15, -0.1) is 0 Å². The zero-order valence-electron chi connectivity index (χ0n) is 18.9. The minimum absolute atomic E-state index is 0.115. The van der Waals surface area contributed by atoms with E-state index >= 15 is 0 Å². The molecule has 6 heteroatoms. The molecular formula is C27H27BrO5. The topological polar surface area (TPSA) is 68.2 Å². The SMILES string of the molecule is C=C(C[C@]1(O)Cc2cccc(OC)c2[C@@]1(O)c1cccc(OC)c1)c1cc(OC)ccc1Br. The minimum atomic E-state index is -1.75. The molecule has 172 valence electrons. The first kappa shape index (κ1) is 23.4. The number of fused-ring (bicyclic) bond motifs is 1. The molecule has 0 saturated carbocycles. The van der Waals surface area contributed by atoms with Gasteiger partial charge < -0.3 is 24.4 Å². The summed E-state index contributed by atoms with van der Waals surface area (Å²) in [5, 5.41) is 24.5. The average Bonchev–Trinajstić information content (AvgIpc) is 3.06. The van der Waals surface area contributed by atoms with Crippen molar-refractivity contribution in [1.82, 2.24) is 0 Å². The Bertz CT molecular complexity index is 1210. The van der Waals surface area contributed by atoms with Crippen molar-refractivity contribution in [2.45, 2.75) is 24.0 Å². The first-order valence-corrected chi connectivity index (χ1v) is 11.3. The third-order valence-corrected chi connectivity index (χ3v) is 7.09. The van der Waals surface area contributed by atoms with E-state index in [1.54, 1.807) is 51.7 Å². The van der Waals surface area contributed by atoms with Crippen molar-refractivity contribution in [1.29, 1.82) is 0 Å². The summed E-state index contributed by atoms with van der Waals surface area (Å²) in [5.41, 5.74) is 0.0221. The number of aliphatic hydroxyl groups is 2. The van der Waals surface area contributed by atoms with Gasteiger partial charge in [0.1, 0.15) is 28.5 Å². The number of methoxy groups -OCH3 is 3. The molecule has 0 amide bonds. The lowest BCUT2D eigenvalue weighted by Gasteiger charge is -2.40. The number of hydrogen-bond acceptors (Lipinski definition) is 5. The molecule has 0 saturated heterocycles. The summed E-state index contributed by atoms with van der Waals surface area (Å²) < 4.78 is 17.2. The maximum atomic E-state index is 12.4. The first-order chi connectivity index (χ1) is 15.8. The van der Waals surface area contributed by atoms with Crippen LogP contribution >= 0.6 is 15.9 Å². The third-order valence-electron chi connectivity index (χ3n) is 6.40. The first-order valence-electron chi connectivity index (χ1n) is 10.5. The Balaban J connectivity index is 1.86. The monoisotopic (exact) mass is 510 g/mol. The Morgan fingerprint density at radius 3 is 2.33 bits per heavy atom. The highest BCUT2D eigenvalue weighted by Gasteiger charge is 2.59. The number of ether oxygens (including phenoxy) is 3. The minimum Gasteiger partial charge on any atom is -0.497 e. The number of rotatable bonds is 7. The zero-order valence-corrected chi connectivity index (χ0v) is 20.5. The van der Waals surface area contributed by atoms with Gasteiger partial charge in [0.05, 0.1) is 21.3 Å². The fourth-order valence-electron chi connectivity index (χ4n) is 4.78. The van der Waals surface area contributed by atoms with Crippen LogP contribution in [0.4, 0.5) is 0 Å². The van der Waals surface area contributed by atoms with Crippen LogP contribution in [-0.2, 0) is 12.0 Å². The Morgan fingerprint density at radius 1 is 0.939 bits per heavy atom. The Labute approximate surface area is 202 Å². The van der Waals surface area contributed by atoms with Crippen molar-refractivity contribution in [3.63, 3.8) is 0 Å². The smallest absolute Gasteiger partial charge is 0.148 e. The summed E-state index contributed by atoms with van der Waals surface area (Å²) in [4.78, 5) is 0. The van der Waals surface area contributed by atoms with E-state index in [1.807, 2.05) is 30.3 Å². The van der Waals surface area contributed by atoms with E-state index in [-0.39, 0.29) is 12.8 Å². The van der Waals surface area contributed by atoms with Gasteiger partial charge in [0.25, 0.3) is 0 Å². The molecule has 5 nitrogen and oxygen atoms in total. The van der Waals surface area contributed by atoms with Crippen LogP contribution in [0.15, 0.2) is 71.7 Å². The van der Waals surface area contributed by atoms with E-state index in [0.29, 0.717) is 33.9 Å². The molecule has 0 heterocycles. The normalized spacial score (nSPS) is 21.4. The van der Waals surface area contributed by atoms with Gasteiger partial charge >= 0.3 is 0 Å². The molecule has 4 rings (SSSR count). The highest BCUT2D eigenvalue weighted by atomic mass is 79.9. The van der Waals surface area contributed by atoms with Gasteiger partial charge in [-0.2, -0.15) is 0 Å². The third kappa shape index (κ3) is 3.82. The van der Waals surface area contributed by atoms with Gasteiger partial charge in [-0.1, -0.05) is 46.8 Å². The van der Waals surface area contributed by atoms with Crippen molar-refractivity contribution in [3.8, 4) is 17.2 Å².